The number of thioether (sulfide) groups is 1. The van der Waals surface area contributed by atoms with Crippen molar-refractivity contribution in [1.82, 2.24) is 20.5 Å². The number of nitrogens with one attached hydrogen (secondary N) is 2. The molecule has 2 aromatic heterocycles. The van der Waals surface area contributed by atoms with E-state index in [1.165, 1.54) is 11.8 Å². The lowest BCUT2D eigenvalue weighted by Crippen LogP contribution is -2.29. The number of aromatic amines is 1. The third kappa shape index (κ3) is 3.35. The monoisotopic (exact) mass is 340 g/mol. The fraction of sp³-hybridized carbons (Fsp3) is 0.235. The van der Waals surface area contributed by atoms with E-state index < -0.39 is 5.25 Å². The Hall–Kier alpha value is -2.54. The smallest absolute Gasteiger partial charge is 0.278 e. The Balaban J connectivity index is 1.56. The first kappa shape index (κ1) is 15.0. The summed E-state index contributed by atoms with van der Waals surface area (Å²) in [5.74, 6) is 0.394. The maximum Gasteiger partial charge on any atom is 0.278 e. The lowest BCUT2D eigenvalue weighted by atomic mass is 10.1. The van der Waals surface area contributed by atoms with Crippen molar-refractivity contribution < 1.29 is 9.21 Å². The summed E-state index contributed by atoms with van der Waals surface area (Å²) in [5.41, 5.74) is 1.67. The van der Waals surface area contributed by atoms with Crippen LogP contribution in [-0.2, 0) is 4.79 Å². The second kappa shape index (κ2) is 6.52. The van der Waals surface area contributed by atoms with Gasteiger partial charge in [-0.3, -0.25) is 4.79 Å². The molecule has 0 radical (unpaired) electrons. The van der Waals surface area contributed by atoms with E-state index in [2.05, 4.69) is 20.5 Å². The third-order valence-corrected chi connectivity index (χ3v) is 4.81. The zero-order valence-corrected chi connectivity index (χ0v) is 13.6. The Morgan fingerprint density at radius 3 is 2.75 bits per heavy atom. The number of hydrogen-bond acceptors (Lipinski definition) is 5. The number of carbonyl (C=O) groups is 1. The Morgan fingerprint density at radius 1 is 1.21 bits per heavy atom. The van der Waals surface area contributed by atoms with Gasteiger partial charge in [-0.05, 0) is 42.3 Å². The molecule has 3 aromatic rings. The molecule has 1 aliphatic rings. The van der Waals surface area contributed by atoms with Crippen LogP contribution in [0.2, 0.25) is 0 Å². The van der Waals surface area contributed by atoms with Crippen molar-refractivity contribution in [2.24, 2.45) is 0 Å². The zero-order chi connectivity index (χ0) is 16.4. The van der Waals surface area contributed by atoms with E-state index in [9.17, 15) is 4.79 Å². The van der Waals surface area contributed by atoms with Gasteiger partial charge in [0.05, 0.1) is 0 Å². The molecule has 0 bridgehead atoms. The molecule has 1 atom stereocenters. The molecule has 0 spiro atoms. The highest BCUT2D eigenvalue weighted by molar-refractivity contribution is 8.00. The highest BCUT2D eigenvalue weighted by Gasteiger charge is 2.30. The molecule has 2 heterocycles. The summed E-state index contributed by atoms with van der Waals surface area (Å²) in [6.07, 6.45) is 3.90. The predicted molar refractivity (Wildman–Crippen MR) is 90.3 cm³/mol. The maximum absolute atomic E-state index is 12.6. The standard InChI is InChI=1S/C17H16N4O2S/c22-15(19-12-8-9-12)14(11-5-2-1-3-6-11)24-17-21-20-16(23-17)13-7-4-10-18-13/h1-7,10,12,14,18H,8-9H2,(H,19,22)/t14-/m1/s1. The van der Waals surface area contributed by atoms with Crippen LogP contribution in [0.4, 0.5) is 0 Å². The van der Waals surface area contributed by atoms with Crippen molar-refractivity contribution in [2.45, 2.75) is 29.4 Å². The second-order valence-corrected chi connectivity index (χ2v) is 6.70. The summed E-state index contributed by atoms with van der Waals surface area (Å²) in [4.78, 5) is 15.6. The summed E-state index contributed by atoms with van der Waals surface area (Å²) in [5, 5.41) is 11.1. The minimum atomic E-state index is -0.413. The van der Waals surface area contributed by atoms with Crippen molar-refractivity contribution >= 4 is 17.7 Å². The molecular weight excluding hydrogens is 324 g/mol. The van der Waals surface area contributed by atoms with E-state index in [-0.39, 0.29) is 5.91 Å². The van der Waals surface area contributed by atoms with Crippen molar-refractivity contribution in [3.8, 4) is 11.6 Å². The number of amides is 1. The molecule has 122 valence electrons. The van der Waals surface area contributed by atoms with Crippen LogP contribution >= 0.6 is 11.8 Å². The van der Waals surface area contributed by atoms with Gasteiger partial charge in [0.2, 0.25) is 5.91 Å². The molecule has 24 heavy (non-hydrogen) atoms. The molecule has 1 fully saturated rings. The number of rotatable bonds is 6. The molecule has 1 saturated carbocycles. The van der Waals surface area contributed by atoms with Gasteiger partial charge in [0, 0.05) is 12.2 Å². The van der Waals surface area contributed by atoms with Gasteiger partial charge in [-0.25, -0.2) is 0 Å². The van der Waals surface area contributed by atoms with Crippen LogP contribution in [0, 0.1) is 0 Å². The van der Waals surface area contributed by atoms with Crippen LogP contribution in [0.5, 0.6) is 0 Å². The Morgan fingerprint density at radius 2 is 2.04 bits per heavy atom. The van der Waals surface area contributed by atoms with Gasteiger partial charge in [-0.1, -0.05) is 30.3 Å². The fourth-order valence-electron chi connectivity index (χ4n) is 2.34. The van der Waals surface area contributed by atoms with Crippen molar-refractivity contribution in [2.75, 3.05) is 0 Å². The van der Waals surface area contributed by atoms with Crippen LogP contribution in [0.3, 0.4) is 0 Å². The lowest BCUT2D eigenvalue weighted by Gasteiger charge is -2.14. The number of nitrogens with zero attached hydrogens (tertiary/aromatic N) is 2. The number of benzene rings is 1. The molecule has 4 rings (SSSR count). The fourth-order valence-corrected chi connectivity index (χ4v) is 3.22. The molecule has 7 heteroatoms. The summed E-state index contributed by atoms with van der Waals surface area (Å²) >= 11 is 1.27. The summed E-state index contributed by atoms with van der Waals surface area (Å²) in [6.45, 7) is 0. The summed E-state index contributed by atoms with van der Waals surface area (Å²) in [7, 11) is 0. The molecule has 1 aromatic carbocycles. The number of carbonyl (C=O) groups excluding carboxylic acids is 1. The van der Waals surface area contributed by atoms with Crippen LogP contribution < -0.4 is 5.32 Å². The Kier molecular flexibility index (Phi) is 4.08. The average Bonchev–Trinajstić information content (AvgIpc) is 3.08. The highest BCUT2D eigenvalue weighted by atomic mass is 32.2. The molecule has 0 aliphatic heterocycles. The van der Waals surface area contributed by atoms with Crippen molar-refractivity contribution in [3.63, 3.8) is 0 Å². The van der Waals surface area contributed by atoms with E-state index in [1.54, 1.807) is 6.20 Å². The number of H-pyrrole nitrogens is 1. The third-order valence-electron chi connectivity index (χ3n) is 3.72. The normalized spacial score (nSPS) is 15.2. The summed E-state index contributed by atoms with van der Waals surface area (Å²) < 4.78 is 5.68. The van der Waals surface area contributed by atoms with Crippen LogP contribution in [-0.4, -0.2) is 27.1 Å². The van der Waals surface area contributed by atoms with Gasteiger partial charge in [0.1, 0.15) is 10.9 Å². The molecule has 0 saturated heterocycles. The first-order valence-corrected chi connectivity index (χ1v) is 8.67. The molecule has 2 N–H and O–H groups in total. The second-order valence-electron chi connectivity index (χ2n) is 5.65. The molecule has 6 nitrogen and oxygen atoms in total. The number of hydrogen-bond donors (Lipinski definition) is 2. The van der Waals surface area contributed by atoms with Crippen LogP contribution in [0.25, 0.3) is 11.6 Å². The highest BCUT2D eigenvalue weighted by Crippen LogP contribution is 2.36. The average molecular weight is 340 g/mol. The van der Waals surface area contributed by atoms with E-state index >= 15 is 0 Å². The summed E-state index contributed by atoms with van der Waals surface area (Å²) in [6, 6.07) is 13.7. The number of aromatic nitrogens is 3. The molecule has 0 unspecified atom stereocenters. The Labute approximate surface area is 143 Å². The van der Waals surface area contributed by atoms with Gasteiger partial charge >= 0.3 is 0 Å². The lowest BCUT2D eigenvalue weighted by molar-refractivity contribution is -0.120. The zero-order valence-electron chi connectivity index (χ0n) is 12.8. The van der Waals surface area contributed by atoms with E-state index in [0.29, 0.717) is 17.2 Å². The minimum Gasteiger partial charge on any atom is -0.410 e. The SMILES string of the molecule is O=C(NC1CC1)[C@H](Sc1nnc(-c2ccc[nH]2)o1)c1ccccc1. The first-order chi connectivity index (χ1) is 11.8. The van der Waals surface area contributed by atoms with Crippen molar-refractivity contribution in [1.29, 1.82) is 0 Å². The molecule has 1 amide bonds. The molecular formula is C17H16N4O2S. The minimum absolute atomic E-state index is 0.0201. The predicted octanol–water partition coefficient (Wildman–Crippen LogP) is 3.18. The molecule has 1 aliphatic carbocycles. The Bertz CT molecular complexity index is 812. The van der Waals surface area contributed by atoms with E-state index in [1.807, 2.05) is 42.5 Å². The van der Waals surface area contributed by atoms with E-state index in [4.69, 9.17) is 4.42 Å². The topological polar surface area (TPSA) is 83.8 Å². The van der Waals surface area contributed by atoms with Gasteiger partial charge in [0.25, 0.3) is 11.1 Å². The van der Waals surface area contributed by atoms with Gasteiger partial charge in [-0.15, -0.1) is 10.2 Å². The maximum atomic E-state index is 12.6. The van der Waals surface area contributed by atoms with Gasteiger partial charge in [-0.2, -0.15) is 0 Å². The quantitative estimate of drug-likeness (QED) is 0.673. The van der Waals surface area contributed by atoms with Crippen LogP contribution in [0.1, 0.15) is 23.7 Å². The van der Waals surface area contributed by atoms with Crippen molar-refractivity contribution in [3.05, 3.63) is 54.2 Å². The van der Waals surface area contributed by atoms with E-state index in [0.717, 1.165) is 24.1 Å². The largest absolute Gasteiger partial charge is 0.410 e. The van der Waals surface area contributed by atoms with Crippen LogP contribution in [0.15, 0.2) is 58.3 Å². The first-order valence-electron chi connectivity index (χ1n) is 7.79. The van der Waals surface area contributed by atoms with Gasteiger partial charge in [0.15, 0.2) is 0 Å². The van der Waals surface area contributed by atoms with Gasteiger partial charge < -0.3 is 14.7 Å².